The number of aliphatic hydroxyl groups is 1. The molecule has 172 valence electrons. The molecule has 0 bridgehead atoms. The van der Waals surface area contributed by atoms with Crippen LogP contribution in [0.25, 0.3) is 11.1 Å². The van der Waals surface area contributed by atoms with E-state index in [1.165, 1.54) is 27.8 Å². The van der Waals surface area contributed by atoms with Gasteiger partial charge in [0.15, 0.2) is 0 Å². The standard InChI is InChI=1S/C28H27N3O3/c32-17-22(14-21-16-31(19-29-21)15-20-8-2-1-3-9-20)30-28(33)34-18-27-25-12-6-4-10-23(25)24-11-5-7-13-26(24)27/h1-13,16,19,22,27,32H,14-15,17-18H2,(H,30,33)/t22-/m0/s1. The van der Waals surface area contributed by atoms with Gasteiger partial charge in [-0.15, -0.1) is 0 Å². The molecule has 2 N–H and O–H groups in total. The number of carbonyl (C=O) groups is 1. The van der Waals surface area contributed by atoms with Gasteiger partial charge in [-0.05, 0) is 27.8 Å². The van der Waals surface area contributed by atoms with Crippen molar-refractivity contribution in [2.24, 2.45) is 0 Å². The van der Waals surface area contributed by atoms with Crippen LogP contribution in [0.4, 0.5) is 4.79 Å². The number of alkyl carbamates (subject to hydrolysis) is 1. The molecule has 0 radical (unpaired) electrons. The summed E-state index contributed by atoms with van der Waals surface area (Å²) >= 11 is 0. The molecule has 1 atom stereocenters. The molecule has 3 aromatic carbocycles. The van der Waals surface area contributed by atoms with E-state index < -0.39 is 12.1 Å². The van der Waals surface area contributed by atoms with Crippen LogP contribution in [0, 0.1) is 0 Å². The van der Waals surface area contributed by atoms with Crippen molar-refractivity contribution in [3.05, 3.63) is 114 Å². The van der Waals surface area contributed by atoms with Crippen molar-refractivity contribution < 1.29 is 14.6 Å². The Morgan fingerprint density at radius 3 is 2.29 bits per heavy atom. The number of fused-ring (bicyclic) bond motifs is 3. The summed E-state index contributed by atoms with van der Waals surface area (Å²) in [4.78, 5) is 17.0. The fraction of sp³-hybridized carbons (Fsp3) is 0.214. The molecular weight excluding hydrogens is 426 g/mol. The van der Waals surface area contributed by atoms with Crippen LogP contribution >= 0.6 is 0 Å². The minimum Gasteiger partial charge on any atom is -0.449 e. The first-order valence-electron chi connectivity index (χ1n) is 11.5. The van der Waals surface area contributed by atoms with Gasteiger partial charge in [0.25, 0.3) is 0 Å². The van der Waals surface area contributed by atoms with E-state index in [4.69, 9.17) is 4.74 Å². The molecular formula is C28H27N3O3. The van der Waals surface area contributed by atoms with Crippen molar-refractivity contribution >= 4 is 6.09 Å². The van der Waals surface area contributed by atoms with Crippen LogP contribution < -0.4 is 5.32 Å². The maximum absolute atomic E-state index is 12.6. The van der Waals surface area contributed by atoms with Crippen molar-refractivity contribution in [1.82, 2.24) is 14.9 Å². The predicted octanol–water partition coefficient (Wildman–Crippen LogP) is 4.37. The van der Waals surface area contributed by atoms with Crippen LogP contribution in [-0.4, -0.2) is 40.0 Å². The van der Waals surface area contributed by atoms with Crippen molar-refractivity contribution in [1.29, 1.82) is 0 Å². The fourth-order valence-electron chi connectivity index (χ4n) is 4.61. The van der Waals surface area contributed by atoms with Crippen LogP contribution in [0.1, 0.15) is 28.3 Å². The van der Waals surface area contributed by atoms with Crippen LogP contribution in [0.15, 0.2) is 91.4 Å². The molecule has 1 aliphatic rings. The second-order valence-corrected chi connectivity index (χ2v) is 8.58. The third-order valence-electron chi connectivity index (χ3n) is 6.24. The number of aliphatic hydroxyl groups excluding tert-OH is 1. The average molecular weight is 454 g/mol. The number of ether oxygens (including phenoxy) is 1. The molecule has 0 unspecified atom stereocenters. The van der Waals surface area contributed by atoms with Gasteiger partial charge in [0.2, 0.25) is 0 Å². The summed E-state index contributed by atoms with van der Waals surface area (Å²) in [6.07, 6.45) is 3.59. The van der Waals surface area contributed by atoms with Gasteiger partial charge in [-0.25, -0.2) is 9.78 Å². The Balaban J connectivity index is 1.18. The molecule has 6 heteroatoms. The van der Waals surface area contributed by atoms with E-state index in [2.05, 4.69) is 46.7 Å². The van der Waals surface area contributed by atoms with Crippen LogP contribution in [0.2, 0.25) is 0 Å². The van der Waals surface area contributed by atoms with E-state index in [1.54, 1.807) is 6.33 Å². The molecule has 1 aliphatic carbocycles. The highest BCUT2D eigenvalue weighted by atomic mass is 16.5. The highest BCUT2D eigenvalue weighted by molar-refractivity contribution is 5.79. The lowest BCUT2D eigenvalue weighted by atomic mass is 9.98. The Morgan fingerprint density at radius 1 is 0.971 bits per heavy atom. The zero-order chi connectivity index (χ0) is 23.3. The molecule has 0 saturated carbocycles. The maximum Gasteiger partial charge on any atom is 0.407 e. The highest BCUT2D eigenvalue weighted by Gasteiger charge is 2.29. The van der Waals surface area contributed by atoms with Gasteiger partial charge in [0.1, 0.15) is 6.61 Å². The molecule has 1 heterocycles. The Morgan fingerprint density at radius 2 is 1.62 bits per heavy atom. The molecule has 1 amide bonds. The second-order valence-electron chi connectivity index (χ2n) is 8.58. The number of hydrogen-bond acceptors (Lipinski definition) is 4. The first-order chi connectivity index (χ1) is 16.7. The van der Waals surface area contributed by atoms with Crippen molar-refractivity contribution in [3.8, 4) is 11.1 Å². The predicted molar refractivity (Wildman–Crippen MR) is 131 cm³/mol. The van der Waals surface area contributed by atoms with Crippen molar-refractivity contribution in [3.63, 3.8) is 0 Å². The van der Waals surface area contributed by atoms with Crippen molar-refractivity contribution in [2.45, 2.75) is 24.9 Å². The fourth-order valence-corrected chi connectivity index (χ4v) is 4.61. The highest BCUT2D eigenvalue weighted by Crippen LogP contribution is 2.44. The molecule has 0 spiro atoms. The molecule has 0 fully saturated rings. The zero-order valence-corrected chi connectivity index (χ0v) is 18.8. The number of nitrogens with one attached hydrogen (secondary N) is 1. The number of rotatable bonds is 8. The largest absolute Gasteiger partial charge is 0.449 e. The summed E-state index contributed by atoms with van der Waals surface area (Å²) in [7, 11) is 0. The summed E-state index contributed by atoms with van der Waals surface area (Å²) in [5.41, 5.74) is 6.69. The summed E-state index contributed by atoms with van der Waals surface area (Å²) in [5, 5.41) is 12.6. The van der Waals surface area contributed by atoms with E-state index in [9.17, 15) is 9.90 Å². The number of aromatic nitrogens is 2. The molecule has 34 heavy (non-hydrogen) atoms. The van der Waals surface area contributed by atoms with Crippen molar-refractivity contribution in [2.75, 3.05) is 13.2 Å². The number of amides is 1. The lowest BCUT2D eigenvalue weighted by molar-refractivity contribution is 0.132. The number of benzene rings is 3. The lowest BCUT2D eigenvalue weighted by Crippen LogP contribution is -2.40. The summed E-state index contributed by atoms with van der Waals surface area (Å²) in [5.74, 6) is -0.000545. The number of nitrogens with zero attached hydrogens (tertiary/aromatic N) is 2. The Labute approximate surface area is 198 Å². The maximum atomic E-state index is 12.6. The van der Waals surface area contributed by atoms with Crippen LogP contribution in [-0.2, 0) is 17.7 Å². The van der Waals surface area contributed by atoms with E-state index in [1.807, 2.05) is 53.2 Å². The second kappa shape index (κ2) is 9.93. The molecule has 0 saturated heterocycles. The van der Waals surface area contributed by atoms with Crippen LogP contribution in [0.3, 0.4) is 0 Å². The van der Waals surface area contributed by atoms with Crippen LogP contribution in [0.5, 0.6) is 0 Å². The zero-order valence-electron chi connectivity index (χ0n) is 18.8. The normalized spacial score (nSPS) is 13.2. The first-order valence-corrected chi connectivity index (χ1v) is 11.5. The third kappa shape index (κ3) is 4.72. The van der Waals surface area contributed by atoms with E-state index in [0.717, 1.165) is 12.2 Å². The number of hydrogen-bond donors (Lipinski definition) is 2. The smallest absolute Gasteiger partial charge is 0.407 e. The lowest BCUT2D eigenvalue weighted by Gasteiger charge is -2.18. The van der Waals surface area contributed by atoms with Gasteiger partial charge in [-0.3, -0.25) is 0 Å². The van der Waals surface area contributed by atoms with Gasteiger partial charge in [-0.1, -0.05) is 78.9 Å². The average Bonchev–Trinajstić information content (AvgIpc) is 3.44. The van der Waals surface area contributed by atoms with Gasteiger partial charge in [-0.2, -0.15) is 0 Å². The molecule has 1 aromatic heterocycles. The minimum atomic E-state index is -0.537. The van der Waals surface area contributed by atoms with E-state index in [-0.39, 0.29) is 19.1 Å². The Kier molecular flexibility index (Phi) is 6.40. The minimum absolute atomic E-state index is 0.000545. The third-order valence-corrected chi connectivity index (χ3v) is 6.24. The SMILES string of the molecule is O=C(N[C@H](CO)Cc1cn(Cc2ccccc2)cn1)OCC1c2ccccc2-c2ccccc21. The van der Waals surface area contributed by atoms with Gasteiger partial charge >= 0.3 is 6.09 Å². The van der Waals surface area contributed by atoms with E-state index in [0.29, 0.717) is 6.42 Å². The quantitative estimate of drug-likeness (QED) is 0.415. The van der Waals surface area contributed by atoms with Gasteiger partial charge in [0.05, 0.1) is 24.7 Å². The summed E-state index contributed by atoms with van der Waals surface area (Å²) in [6.45, 7) is 0.761. The molecule has 4 aromatic rings. The van der Waals surface area contributed by atoms with Gasteiger partial charge < -0.3 is 19.7 Å². The summed E-state index contributed by atoms with van der Waals surface area (Å²) in [6, 6.07) is 26.1. The first kappa shape index (κ1) is 21.9. The number of imidazole rings is 1. The Hall–Kier alpha value is -3.90. The van der Waals surface area contributed by atoms with Gasteiger partial charge in [0, 0.05) is 25.1 Å². The molecule has 5 rings (SSSR count). The number of carbonyl (C=O) groups excluding carboxylic acids is 1. The summed E-state index contributed by atoms with van der Waals surface area (Å²) < 4.78 is 7.60. The molecule has 0 aliphatic heterocycles. The Bertz CT molecular complexity index is 1220. The monoisotopic (exact) mass is 453 g/mol. The molecule has 6 nitrogen and oxygen atoms in total. The van der Waals surface area contributed by atoms with E-state index >= 15 is 0 Å². The topological polar surface area (TPSA) is 76.4 Å².